The molecule has 1 rings (SSSR count). The molecule has 0 saturated carbocycles. The lowest BCUT2D eigenvalue weighted by molar-refractivity contribution is 0.290. The molecule has 1 atom stereocenters. The molecule has 1 unspecified atom stereocenters. The van der Waals surface area contributed by atoms with E-state index in [4.69, 9.17) is 22.1 Å². The van der Waals surface area contributed by atoms with Gasteiger partial charge in [0.15, 0.2) is 0 Å². The molecule has 0 bridgehead atoms. The highest BCUT2D eigenvalue weighted by Crippen LogP contribution is 2.15. The molecule has 0 radical (unpaired) electrons. The third-order valence-electron chi connectivity index (χ3n) is 1.82. The highest BCUT2D eigenvalue weighted by molar-refractivity contribution is 6.30. The van der Waals surface area contributed by atoms with E-state index in [1.165, 1.54) is 0 Å². The Morgan fingerprint density at radius 1 is 1.40 bits per heavy atom. The molecule has 2 N–H and O–H groups in total. The van der Waals surface area contributed by atoms with Gasteiger partial charge in [0.1, 0.15) is 12.4 Å². The molecule has 0 spiro atoms. The van der Waals surface area contributed by atoms with Crippen molar-refractivity contribution in [2.75, 3.05) is 6.61 Å². The third-order valence-corrected chi connectivity index (χ3v) is 2.07. The fraction of sp³-hybridized carbons (Fsp3) is 0.333. The Morgan fingerprint density at radius 2 is 2.07 bits per heavy atom. The summed E-state index contributed by atoms with van der Waals surface area (Å²) >= 11 is 5.74. The summed E-state index contributed by atoms with van der Waals surface area (Å²) in [5.74, 6) is 6.50. The number of rotatable bonds is 4. The van der Waals surface area contributed by atoms with Crippen LogP contribution in [0.3, 0.4) is 0 Å². The lowest BCUT2D eigenvalue weighted by Crippen LogP contribution is -2.27. The van der Waals surface area contributed by atoms with E-state index in [-0.39, 0.29) is 6.04 Å². The van der Waals surface area contributed by atoms with Gasteiger partial charge in [-0.3, -0.25) is 0 Å². The first-order valence-electron chi connectivity index (χ1n) is 4.76. The van der Waals surface area contributed by atoms with Crippen LogP contribution in [-0.4, -0.2) is 12.6 Å². The quantitative estimate of drug-likeness (QED) is 0.796. The number of halogens is 1. The summed E-state index contributed by atoms with van der Waals surface area (Å²) in [6.45, 7) is 2.27. The lowest BCUT2D eigenvalue weighted by Gasteiger charge is -2.10. The maximum atomic E-state index is 5.78. The molecular weight excluding hydrogens is 210 g/mol. The molecule has 2 nitrogen and oxygen atoms in total. The van der Waals surface area contributed by atoms with Crippen LogP contribution in [0.4, 0.5) is 0 Å². The molecule has 0 fully saturated rings. The Morgan fingerprint density at radius 3 is 2.67 bits per heavy atom. The van der Waals surface area contributed by atoms with Crippen LogP contribution in [0.5, 0.6) is 5.75 Å². The van der Waals surface area contributed by atoms with Gasteiger partial charge < -0.3 is 10.5 Å². The minimum absolute atomic E-state index is 0.0480. The van der Waals surface area contributed by atoms with Gasteiger partial charge in [-0.05, 0) is 31.2 Å². The number of hydrogen-bond donors (Lipinski definition) is 1. The Kier molecular flexibility index (Phi) is 5.03. The molecule has 1 aromatic carbocycles. The topological polar surface area (TPSA) is 35.2 Å². The van der Waals surface area contributed by atoms with Gasteiger partial charge in [0, 0.05) is 17.5 Å². The second kappa shape index (κ2) is 6.34. The van der Waals surface area contributed by atoms with Crippen molar-refractivity contribution in [2.24, 2.45) is 5.73 Å². The number of hydrogen-bond acceptors (Lipinski definition) is 2. The predicted octanol–water partition coefficient (Wildman–Crippen LogP) is 2.46. The number of nitrogens with two attached hydrogens (primary N) is 1. The van der Waals surface area contributed by atoms with Crippen molar-refractivity contribution < 1.29 is 4.74 Å². The SMILES string of the molecule is CC#CCC(N)COc1ccc(Cl)cc1. The van der Waals surface area contributed by atoms with E-state index in [1.54, 1.807) is 19.1 Å². The van der Waals surface area contributed by atoms with Crippen molar-refractivity contribution in [3.8, 4) is 17.6 Å². The van der Waals surface area contributed by atoms with E-state index in [9.17, 15) is 0 Å². The van der Waals surface area contributed by atoms with Crippen LogP contribution >= 0.6 is 11.6 Å². The first kappa shape index (κ1) is 11.9. The molecule has 15 heavy (non-hydrogen) atoms. The fourth-order valence-electron chi connectivity index (χ4n) is 1.03. The Balaban J connectivity index is 2.35. The average Bonchev–Trinajstić information content (AvgIpc) is 2.25. The molecule has 3 heteroatoms. The molecule has 0 heterocycles. The first-order chi connectivity index (χ1) is 7.22. The van der Waals surface area contributed by atoms with Crippen LogP contribution < -0.4 is 10.5 Å². The molecule has 0 saturated heterocycles. The van der Waals surface area contributed by atoms with Gasteiger partial charge in [-0.25, -0.2) is 0 Å². The summed E-state index contributed by atoms with van der Waals surface area (Å²) in [5, 5.41) is 0.698. The van der Waals surface area contributed by atoms with E-state index in [0.29, 0.717) is 18.1 Å². The van der Waals surface area contributed by atoms with Crippen molar-refractivity contribution in [3.63, 3.8) is 0 Å². The number of benzene rings is 1. The second-order valence-electron chi connectivity index (χ2n) is 3.16. The second-order valence-corrected chi connectivity index (χ2v) is 3.59. The van der Waals surface area contributed by atoms with Crippen LogP contribution in [0.1, 0.15) is 13.3 Å². The minimum Gasteiger partial charge on any atom is -0.492 e. The maximum Gasteiger partial charge on any atom is 0.119 e. The zero-order valence-electron chi connectivity index (χ0n) is 8.66. The third kappa shape index (κ3) is 4.73. The standard InChI is InChI=1S/C12H14ClNO/c1-2-3-4-11(14)9-15-12-7-5-10(13)6-8-12/h5-8,11H,4,9,14H2,1H3. The van der Waals surface area contributed by atoms with Crippen molar-refractivity contribution in [1.29, 1.82) is 0 Å². The average molecular weight is 224 g/mol. The van der Waals surface area contributed by atoms with Crippen LogP contribution in [-0.2, 0) is 0 Å². The van der Waals surface area contributed by atoms with Crippen LogP contribution in [0.2, 0.25) is 5.02 Å². The summed E-state index contributed by atoms with van der Waals surface area (Å²) in [6.07, 6.45) is 0.657. The monoisotopic (exact) mass is 223 g/mol. The molecule has 1 aromatic rings. The zero-order valence-corrected chi connectivity index (χ0v) is 9.42. The van der Waals surface area contributed by atoms with Gasteiger partial charge in [-0.1, -0.05) is 11.6 Å². The van der Waals surface area contributed by atoms with Crippen molar-refractivity contribution in [2.45, 2.75) is 19.4 Å². The number of ether oxygens (including phenoxy) is 1. The molecule has 80 valence electrons. The van der Waals surface area contributed by atoms with Crippen LogP contribution in [0.25, 0.3) is 0 Å². The minimum atomic E-state index is -0.0480. The van der Waals surface area contributed by atoms with E-state index in [1.807, 2.05) is 12.1 Å². The molecule has 0 aliphatic rings. The van der Waals surface area contributed by atoms with Crippen molar-refractivity contribution in [1.82, 2.24) is 0 Å². The highest BCUT2D eigenvalue weighted by Gasteiger charge is 2.01. The van der Waals surface area contributed by atoms with Gasteiger partial charge >= 0.3 is 0 Å². The summed E-state index contributed by atoms with van der Waals surface area (Å²) in [7, 11) is 0. The first-order valence-corrected chi connectivity index (χ1v) is 5.13. The van der Waals surface area contributed by atoms with E-state index in [2.05, 4.69) is 11.8 Å². The van der Waals surface area contributed by atoms with Crippen molar-refractivity contribution >= 4 is 11.6 Å². The van der Waals surface area contributed by atoms with Crippen LogP contribution in [0, 0.1) is 11.8 Å². The smallest absolute Gasteiger partial charge is 0.119 e. The van der Waals surface area contributed by atoms with Gasteiger partial charge in [-0.15, -0.1) is 11.8 Å². The lowest BCUT2D eigenvalue weighted by atomic mass is 10.2. The fourth-order valence-corrected chi connectivity index (χ4v) is 1.15. The summed E-state index contributed by atoms with van der Waals surface area (Å²) < 4.78 is 5.47. The van der Waals surface area contributed by atoms with E-state index in [0.717, 1.165) is 5.75 Å². The highest BCUT2D eigenvalue weighted by atomic mass is 35.5. The molecule has 0 amide bonds. The van der Waals surface area contributed by atoms with Crippen LogP contribution in [0.15, 0.2) is 24.3 Å². The molecule has 0 aromatic heterocycles. The molecule has 0 aliphatic carbocycles. The summed E-state index contributed by atoms with van der Waals surface area (Å²) in [4.78, 5) is 0. The van der Waals surface area contributed by atoms with Gasteiger partial charge in [0.25, 0.3) is 0 Å². The Hall–Kier alpha value is -1.17. The van der Waals surface area contributed by atoms with Crippen molar-refractivity contribution in [3.05, 3.63) is 29.3 Å². The summed E-state index contributed by atoms with van der Waals surface area (Å²) in [5.41, 5.74) is 5.78. The van der Waals surface area contributed by atoms with E-state index < -0.39 is 0 Å². The molecule has 0 aliphatic heterocycles. The predicted molar refractivity (Wildman–Crippen MR) is 63.0 cm³/mol. The van der Waals surface area contributed by atoms with Gasteiger partial charge in [0.2, 0.25) is 0 Å². The summed E-state index contributed by atoms with van der Waals surface area (Å²) in [6, 6.07) is 7.16. The Bertz CT molecular complexity index is 350. The molecular formula is C12H14ClNO. The largest absolute Gasteiger partial charge is 0.492 e. The zero-order chi connectivity index (χ0) is 11.1. The normalized spacial score (nSPS) is 11.4. The van der Waals surface area contributed by atoms with E-state index >= 15 is 0 Å². The maximum absolute atomic E-state index is 5.78. The van der Waals surface area contributed by atoms with Gasteiger partial charge in [0.05, 0.1) is 0 Å². The van der Waals surface area contributed by atoms with Gasteiger partial charge in [-0.2, -0.15) is 0 Å². The Labute approximate surface area is 95.4 Å².